The summed E-state index contributed by atoms with van der Waals surface area (Å²) in [6.45, 7) is 0.173. The van der Waals surface area contributed by atoms with E-state index in [1.54, 1.807) is 41.3 Å². The van der Waals surface area contributed by atoms with Gasteiger partial charge < -0.3 is 10.4 Å². The van der Waals surface area contributed by atoms with Crippen LogP contribution in [0.3, 0.4) is 0 Å². The fraction of sp³-hybridized carbons (Fsp3) is 0.412. The Bertz CT molecular complexity index is 704. The van der Waals surface area contributed by atoms with Crippen LogP contribution in [0.1, 0.15) is 42.5 Å². The van der Waals surface area contributed by atoms with Gasteiger partial charge in [-0.3, -0.25) is 9.59 Å². The molecule has 0 aliphatic heterocycles. The first-order valence-corrected chi connectivity index (χ1v) is 8.09. The number of rotatable bonds is 5. The predicted molar refractivity (Wildman–Crippen MR) is 86.8 cm³/mol. The van der Waals surface area contributed by atoms with Crippen molar-refractivity contribution in [3.05, 3.63) is 42.2 Å². The molecule has 1 aliphatic rings. The smallest absolute Gasteiger partial charge is 0.311 e. The Morgan fingerprint density at radius 3 is 2.46 bits per heavy atom. The standard InChI is InChI=1S/C17H20N4O3/c22-15(18-12-17(16(23)24)8-2-1-3-9-17)13-4-6-14(7-5-13)21-11-10-19-20-21/h4-7,10-11H,1-3,8-9,12H2,(H,18,22)(H,23,24). The molecule has 0 spiro atoms. The van der Waals surface area contributed by atoms with Crippen LogP contribution in [0.5, 0.6) is 0 Å². The number of nitrogens with one attached hydrogen (secondary N) is 1. The Morgan fingerprint density at radius 2 is 1.88 bits per heavy atom. The van der Waals surface area contributed by atoms with Gasteiger partial charge in [-0.25, -0.2) is 4.68 Å². The molecule has 7 heteroatoms. The third-order valence-electron chi connectivity index (χ3n) is 4.67. The lowest BCUT2D eigenvalue weighted by Gasteiger charge is -2.33. The van der Waals surface area contributed by atoms with Crippen LogP contribution < -0.4 is 5.32 Å². The van der Waals surface area contributed by atoms with Gasteiger partial charge in [-0.05, 0) is 37.1 Å². The molecular formula is C17H20N4O3. The van der Waals surface area contributed by atoms with Gasteiger partial charge in [0, 0.05) is 12.1 Å². The van der Waals surface area contributed by atoms with Crippen LogP contribution in [0.15, 0.2) is 36.7 Å². The highest BCUT2D eigenvalue weighted by atomic mass is 16.4. The monoisotopic (exact) mass is 328 g/mol. The topological polar surface area (TPSA) is 97.1 Å². The molecule has 7 nitrogen and oxygen atoms in total. The summed E-state index contributed by atoms with van der Waals surface area (Å²) in [5, 5.41) is 20.0. The minimum absolute atomic E-state index is 0.173. The molecule has 1 aromatic carbocycles. The summed E-state index contributed by atoms with van der Waals surface area (Å²) in [6.07, 6.45) is 7.39. The fourth-order valence-corrected chi connectivity index (χ4v) is 3.16. The first-order chi connectivity index (χ1) is 11.6. The molecule has 0 bridgehead atoms. The molecule has 126 valence electrons. The summed E-state index contributed by atoms with van der Waals surface area (Å²) < 4.78 is 1.60. The maximum Gasteiger partial charge on any atom is 0.311 e. The molecule has 1 amide bonds. The first kappa shape index (κ1) is 16.2. The molecule has 24 heavy (non-hydrogen) atoms. The SMILES string of the molecule is O=C(NCC1(C(=O)O)CCCCC1)c1ccc(-n2ccnn2)cc1. The third-order valence-corrected chi connectivity index (χ3v) is 4.67. The summed E-state index contributed by atoms with van der Waals surface area (Å²) in [6, 6.07) is 6.94. The fourth-order valence-electron chi connectivity index (χ4n) is 3.16. The average molecular weight is 328 g/mol. The van der Waals surface area contributed by atoms with Crippen LogP contribution >= 0.6 is 0 Å². The van der Waals surface area contributed by atoms with Crippen LogP contribution in [0.4, 0.5) is 0 Å². The molecule has 2 N–H and O–H groups in total. The summed E-state index contributed by atoms with van der Waals surface area (Å²) in [5.41, 5.74) is 0.475. The van der Waals surface area contributed by atoms with Crippen molar-refractivity contribution in [2.75, 3.05) is 6.54 Å². The lowest BCUT2D eigenvalue weighted by molar-refractivity contribution is -0.150. The predicted octanol–water partition coefficient (Wildman–Crippen LogP) is 2.03. The van der Waals surface area contributed by atoms with Crippen molar-refractivity contribution < 1.29 is 14.7 Å². The van der Waals surface area contributed by atoms with Gasteiger partial charge in [0.1, 0.15) is 0 Å². The van der Waals surface area contributed by atoms with E-state index in [1.165, 1.54) is 0 Å². The Morgan fingerprint density at radius 1 is 1.17 bits per heavy atom. The number of carboxylic acid groups (broad SMARTS) is 1. The third kappa shape index (κ3) is 3.29. The zero-order valence-electron chi connectivity index (χ0n) is 13.3. The number of carboxylic acids is 1. The van der Waals surface area contributed by atoms with Gasteiger partial charge >= 0.3 is 5.97 Å². The second-order valence-electron chi connectivity index (χ2n) is 6.22. The van der Waals surface area contributed by atoms with Crippen molar-refractivity contribution in [2.24, 2.45) is 5.41 Å². The highest BCUT2D eigenvalue weighted by Crippen LogP contribution is 2.36. The van der Waals surface area contributed by atoms with Crippen LogP contribution in [0.25, 0.3) is 5.69 Å². The number of nitrogens with zero attached hydrogens (tertiary/aromatic N) is 3. The Balaban J connectivity index is 1.65. The van der Waals surface area contributed by atoms with E-state index >= 15 is 0 Å². The van der Waals surface area contributed by atoms with Gasteiger partial charge in [0.05, 0.1) is 23.5 Å². The van der Waals surface area contributed by atoms with E-state index in [2.05, 4.69) is 15.6 Å². The lowest BCUT2D eigenvalue weighted by Crippen LogP contribution is -2.44. The molecule has 1 heterocycles. The van der Waals surface area contributed by atoms with Gasteiger partial charge in [-0.2, -0.15) is 0 Å². The number of hydrogen-bond donors (Lipinski definition) is 2. The molecule has 1 fully saturated rings. The average Bonchev–Trinajstić information content (AvgIpc) is 3.15. The minimum atomic E-state index is -0.825. The van der Waals surface area contributed by atoms with E-state index in [9.17, 15) is 14.7 Å². The van der Waals surface area contributed by atoms with Crippen LogP contribution in [-0.2, 0) is 4.79 Å². The summed E-state index contributed by atoms with van der Waals surface area (Å²) >= 11 is 0. The van der Waals surface area contributed by atoms with Crippen molar-refractivity contribution in [3.8, 4) is 5.69 Å². The minimum Gasteiger partial charge on any atom is -0.481 e. The highest BCUT2D eigenvalue weighted by Gasteiger charge is 2.39. The number of aromatic nitrogens is 3. The van der Waals surface area contributed by atoms with E-state index in [-0.39, 0.29) is 12.5 Å². The van der Waals surface area contributed by atoms with Crippen molar-refractivity contribution in [1.29, 1.82) is 0 Å². The van der Waals surface area contributed by atoms with E-state index in [4.69, 9.17) is 0 Å². The van der Waals surface area contributed by atoms with Gasteiger partial charge in [-0.15, -0.1) is 5.10 Å². The number of aliphatic carboxylic acids is 1. The molecule has 0 unspecified atom stereocenters. The first-order valence-electron chi connectivity index (χ1n) is 8.09. The normalized spacial score (nSPS) is 16.5. The van der Waals surface area contributed by atoms with Gasteiger partial charge in [-0.1, -0.05) is 24.5 Å². The van der Waals surface area contributed by atoms with Gasteiger partial charge in [0.25, 0.3) is 5.91 Å². The van der Waals surface area contributed by atoms with Crippen molar-refractivity contribution in [2.45, 2.75) is 32.1 Å². The molecular weight excluding hydrogens is 308 g/mol. The molecule has 1 saturated carbocycles. The maximum atomic E-state index is 12.3. The summed E-state index contributed by atoms with van der Waals surface area (Å²) in [5.74, 6) is -1.07. The molecule has 0 atom stereocenters. The zero-order chi connectivity index (χ0) is 17.0. The Kier molecular flexibility index (Phi) is 4.59. The van der Waals surface area contributed by atoms with E-state index in [0.29, 0.717) is 18.4 Å². The number of carbonyl (C=O) groups is 2. The molecule has 1 aliphatic carbocycles. The second kappa shape index (κ2) is 6.82. The van der Waals surface area contributed by atoms with Crippen molar-refractivity contribution in [3.63, 3.8) is 0 Å². The van der Waals surface area contributed by atoms with Crippen LogP contribution in [-0.4, -0.2) is 38.5 Å². The Labute approximate surface area is 139 Å². The van der Waals surface area contributed by atoms with E-state index in [1.807, 2.05) is 0 Å². The van der Waals surface area contributed by atoms with Gasteiger partial charge in [0.2, 0.25) is 0 Å². The second-order valence-corrected chi connectivity index (χ2v) is 6.22. The number of hydrogen-bond acceptors (Lipinski definition) is 4. The van der Waals surface area contributed by atoms with E-state index in [0.717, 1.165) is 24.9 Å². The van der Waals surface area contributed by atoms with Crippen LogP contribution in [0.2, 0.25) is 0 Å². The lowest BCUT2D eigenvalue weighted by atomic mass is 9.74. The van der Waals surface area contributed by atoms with Crippen molar-refractivity contribution >= 4 is 11.9 Å². The number of amides is 1. The van der Waals surface area contributed by atoms with Crippen LogP contribution in [0, 0.1) is 5.41 Å². The molecule has 0 saturated heterocycles. The summed E-state index contributed by atoms with van der Waals surface area (Å²) in [7, 11) is 0. The van der Waals surface area contributed by atoms with E-state index < -0.39 is 11.4 Å². The summed E-state index contributed by atoms with van der Waals surface area (Å²) in [4.78, 5) is 23.9. The molecule has 0 radical (unpaired) electrons. The Hall–Kier alpha value is -2.70. The molecule has 1 aromatic heterocycles. The number of carbonyl (C=O) groups excluding carboxylic acids is 1. The maximum absolute atomic E-state index is 12.3. The molecule has 3 rings (SSSR count). The highest BCUT2D eigenvalue weighted by molar-refractivity contribution is 5.94. The molecule has 2 aromatic rings. The number of benzene rings is 1. The zero-order valence-corrected chi connectivity index (χ0v) is 13.3. The van der Waals surface area contributed by atoms with Gasteiger partial charge in [0.15, 0.2) is 0 Å². The van der Waals surface area contributed by atoms with Crippen molar-refractivity contribution in [1.82, 2.24) is 20.3 Å². The quantitative estimate of drug-likeness (QED) is 0.875. The largest absolute Gasteiger partial charge is 0.481 e.